The van der Waals surface area contributed by atoms with Gasteiger partial charge in [0, 0.05) is 35.9 Å². The number of carbonyl (C=O) groups excluding carboxylic acids is 2. The zero-order chi connectivity index (χ0) is 31.6. The molecule has 1 aliphatic heterocycles. The number of benzene rings is 3. The van der Waals surface area contributed by atoms with Crippen LogP contribution in [0.5, 0.6) is 28.7 Å². The molecule has 236 valence electrons. The second kappa shape index (κ2) is 15.2. The van der Waals surface area contributed by atoms with Crippen molar-refractivity contribution in [1.29, 1.82) is 0 Å². The number of carbonyl (C=O) groups is 2. The van der Waals surface area contributed by atoms with Crippen LogP contribution in [-0.4, -0.2) is 56.8 Å². The Morgan fingerprint density at radius 2 is 1.73 bits per heavy atom. The average Bonchev–Trinajstić information content (AvgIpc) is 3.06. The van der Waals surface area contributed by atoms with Crippen LogP contribution in [0.15, 0.2) is 66.9 Å². The average molecular weight is 617 g/mol. The first-order valence-electron chi connectivity index (χ1n) is 15.0. The fourth-order valence-electron chi connectivity index (χ4n) is 5.03. The molecule has 1 aliphatic rings. The molecule has 2 amide bonds. The summed E-state index contributed by atoms with van der Waals surface area (Å²) < 4.78 is 38.1. The largest absolute Gasteiger partial charge is 0.494 e. The molecule has 0 bridgehead atoms. The van der Waals surface area contributed by atoms with Crippen molar-refractivity contribution in [2.75, 3.05) is 45.3 Å². The number of hydrogen-bond donors (Lipinski definition) is 3. The van der Waals surface area contributed by atoms with Crippen LogP contribution in [0.1, 0.15) is 25.3 Å². The van der Waals surface area contributed by atoms with E-state index in [1.54, 1.807) is 31.5 Å². The summed E-state index contributed by atoms with van der Waals surface area (Å²) in [6.45, 7) is 5.30. The molecule has 2 heterocycles. The Bertz CT molecular complexity index is 1630. The van der Waals surface area contributed by atoms with Gasteiger partial charge in [0.1, 0.15) is 11.5 Å². The van der Waals surface area contributed by atoms with Gasteiger partial charge in [0.2, 0.25) is 0 Å². The van der Waals surface area contributed by atoms with E-state index < -0.39 is 17.6 Å². The molecule has 1 saturated heterocycles. The van der Waals surface area contributed by atoms with Crippen LogP contribution >= 0.6 is 0 Å². The van der Waals surface area contributed by atoms with Crippen molar-refractivity contribution >= 4 is 28.4 Å². The Kier molecular flexibility index (Phi) is 10.7. The van der Waals surface area contributed by atoms with Gasteiger partial charge >= 0.3 is 11.8 Å². The summed E-state index contributed by atoms with van der Waals surface area (Å²) in [6.07, 6.45) is 4.22. The van der Waals surface area contributed by atoms with Crippen LogP contribution in [0.3, 0.4) is 0 Å². The van der Waals surface area contributed by atoms with E-state index in [0.29, 0.717) is 53.7 Å². The van der Waals surface area contributed by atoms with Gasteiger partial charge in [-0.2, -0.15) is 0 Å². The first kappa shape index (κ1) is 31.5. The summed E-state index contributed by atoms with van der Waals surface area (Å²) in [4.78, 5) is 29.1. The predicted octanol–water partition coefficient (Wildman–Crippen LogP) is 5.25. The quantitative estimate of drug-likeness (QED) is 0.185. The molecule has 4 aromatic rings. The molecule has 3 aromatic carbocycles. The number of nitrogens with one attached hydrogen (secondary N) is 3. The fraction of sp³-hybridized carbons (Fsp3) is 0.324. The van der Waals surface area contributed by atoms with Crippen LogP contribution in [-0.2, 0) is 16.0 Å². The second-order valence-corrected chi connectivity index (χ2v) is 10.6. The van der Waals surface area contributed by atoms with E-state index in [1.165, 1.54) is 12.1 Å². The van der Waals surface area contributed by atoms with E-state index in [-0.39, 0.29) is 18.0 Å². The van der Waals surface area contributed by atoms with Crippen molar-refractivity contribution in [3.8, 4) is 28.7 Å². The highest BCUT2D eigenvalue weighted by Gasteiger charge is 2.18. The maximum absolute atomic E-state index is 15.1. The van der Waals surface area contributed by atoms with E-state index in [0.717, 1.165) is 43.3 Å². The van der Waals surface area contributed by atoms with E-state index in [4.69, 9.17) is 18.9 Å². The molecule has 0 saturated carbocycles. The third-order valence-corrected chi connectivity index (χ3v) is 7.47. The number of aromatic nitrogens is 1. The molecule has 0 unspecified atom stereocenters. The molecule has 45 heavy (non-hydrogen) atoms. The van der Waals surface area contributed by atoms with Gasteiger partial charge in [0.15, 0.2) is 23.1 Å². The van der Waals surface area contributed by atoms with E-state index in [2.05, 4.69) is 20.9 Å². The van der Waals surface area contributed by atoms with Gasteiger partial charge in [-0.25, -0.2) is 4.39 Å². The van der Waals surface area contributed by atoms with Crippen molar-refractivity contribution in [1.82, 2.24) is 15.6 Å². The van der Waals surface area contributed by atoms with Gasteiger partial charge in [0.05, 0.1) is 25.8 Å². The minimum absolute atomic E-state index is 0.0643. The lowest BCUT2D eigenvalue weighted by Gasteiger charge is -2.23. The van der Waals surface area contributed by atoms with Crippen molar-refractivity contribution < 1.29 is 32.9 Å². The van der Waals surface area contributed by atoms with Crippen LogP contribution in [0.25, 0.3) is 10.9 Å². The first-order chi connectivity index (χ1) is 21.9. The first-order valence-corrected chi connectivity index (χ1v) is 15.0. The zero-order valence-corrected chi connectivity index (χ0v) is 25.4. The lowest BCUT2D eigenvalue weighted by Crippen LogP contribution is -2.36. The summed E-state index contributed by atoms with van der Waals surface area (Å²) in [6, 6.07) is 16.6. The van der Waals surface area contributed by atoms with Crippen LogP contribution in [0, 0.1) is 11.7 Å². The van der Waals surface area contributed by atoms with Gasteiger partial charge in [-0.1, -0.05) is 12.1 Å². The topological polar surface area (TPSA) is 120 Å². The van der Waals surface area contributed by atoms with Crippen molar-refractivity contribution in [2.45, 2.75) is 26.2 Å². The van der Waals surface area contributed by atoms with Gasteiger partial charge in [-0.15, -0.1) is 0 Å². The van der Waals surface area contributed by atoms with Crippen LogP contribution in [0.4, 0.5) is 10.1 Å². The lowest BCUT2D eigenvalue weighted by molar-refractivity contribution is -0.136. The molecule has 0 spiro atoms. The number of amides is 2. The lowest BCUT2D eigenvalue weighted by atomic mass is 9.99. The minimum Gasteiger partial charge on any atom is -0.494 e. The maximum Gasteiger partial charge on any atom is 0.313 e. The van der Waals surface area contributed by atoms with E-state index in [9.17, 15) is 9.59 Å². The van der Waals surface area contributed by atoms with Crippen LogP contribution in [0.2, 0.25) is 0 Å². The number of anilines is 1. The number of halogens is 1. The Labute approximate surface area is 261 Å². The highest BCUT2D eigenvalue weighted by atomic mass is 19.1. The zero-order valence-electron chi connectivity index (χ0n) is 25.4. The number of hydrogen-bond acceptors (Lipinski definition) is 8. The van der Waals surface area contributed by atoms with Gasteiger partial charge in [0.25, 0.3) is 0 Å². The molecule has 11 heteroatoms. The molecule has 5 rings (SSSR count). The number of fused-ring (bicyclic) bond motifs is 1. The number of rotatable bonds is 12. The van der Waals surface area contributed by atoms with E-state index >= 15 is 4.39 Å². The number of piperidine rings is 1. The Balaban J connectivity index is 1.18. The fourth-order valence-corrected chi connectivity index (χ4v) is 5.03. The summed E-state index contributed by atoms with van der Waals surface area (Å²) in [5.74, 6) is 0.196. The Morgan fingerprint density at radius 3 is 2.47 bits per heavy atom. The van der Waals surface area contributed by atoms with Gasteiger partial charge < -0.3 is 34.9 Å². The summed E-state index contributed by atoms with van der Waals surface area (Å²) in [5.41, 5.74) is 1.70. The maximum atomic E-state index is 15.1. The standard InChI is InChI=1S/C34H37FN4O6/c1-3-43-25-7-4-22(5-8-25)12-16-38-33(40)34(41)39-24-6-9-30(27(35)18-24)45-29-13-17-37-28-20-32(31(42-2)19-26(28)29)44-21-23-10-14-36-15-11-23/h4-9,13,17-20,23,36H,3,10-12,14-16,21H2,1-2H3,(H,38,40)(H,39,41). The highest BCUT2D eigenvalue weighted by Crippen LogP contribution is 2.38. The number of nitrogens with zero attached hydrogens (tertiary/aromatic N) is 1. The number of pyridine rings is 1. The molecule has 10 nitrogen and oxygen atoms in total. The molecule has 0 atom stereocenters. The number of ether oxygens (including phenoxy) is 4. The molecule has 0 radical (unpaired) electrons. The summed E-state index contributed by atoms with van der Waals surface area (Å²) in [5, 5.41) is 8.96. The monoisotopic (exact) mass is 616 g/mol. The molecular weight excluding hydrogens is 579 g/mol. The van der Waals surface area contributed by atoms with Gasteiger partial charge in [-0.3, -0.25) is 14.6 Å². The Hall–Kier alpha value is -4.90. The third kappa shape index (κ3) is 8.39. The van der Waals surface area contributed by atoms with Crippen LogP contribution < -0.4 is 34.9 Å². The second-order valence-electron chi connectivity index (χ2n) is 10.6. The minimum atomic E-state index is -0.903. The highest BCUT2D eigenvalue weighted by molar-refractivity contribution is 6.39. The molecule has 1 fully saturated rings. The van der Waals surface area contributed by atoms with Crippen molar-refractivity contribution in [2.24, 2.45) is 5.92 Å². The SMILES string of the molecule is CCOc1ccc(CCNC(=O)C(=O)Nc2ccc(Oc3ccnc4cc(OCC5CCNCC5)c(OC)cc34)c(F)c2)cc1. The molecule has 3 N–H and O–H groups in total. The van der Waals surface area contributed by atoms with Gasteiger partial charge in [-0.05, 0) is 87.2 Å². The Morgan fingerprint density at radius 1 is 0.933 bits per heavy atom. The number of methoxy groups -OCH3 is 1. The predicted molar refractivity (Wildman–Crippen MR) is 169 cm³/mol. The molecular formula is C34H37FN4O6. The normalized spacial score (nSPS) is 13.2. The van der Waals surface area contributed by atoms with Crippen molar-refractivity contribution in [3.63, 3.8) is 0 Å². The van der Waals surface area contributed by atoms with Crippen molar-refractivity contribution in [3.05, 3.63) is 78.2 Å². The summed E-state index contributed by atoms with van der Waals surface area (Å²) in [7, 11) is 1.56. The molecule has 0 aliphatic carbocycles. The smallest absolute Gasteiger partial charge is 0.313 e. The van der Waals surface area contributed by atoms with E-state index in [1.807, 2.05) is 31.2 Å². The summed E-state index contributed by atoms with van der Waals surface area (Å²) >= 11 is 0. The third-order valence-electron chi connectivity index (χ3n) is 7.47. The molecule has 1 aromatic heterocycles.